The zero-order valence-electron chi connectivity index (χ0n) is 18.2. The third kappa shape index (κ3) is 4.45. The van der Waals surface area contributed by atoms with Gasteiger partial charge < -0.3 is 9.80 Å². The third-order valence-corrected chi connectivity index (χ3v) is 5.93. The first-order chi connectivity index (χ1) is 16.2. The first kappa shape index (κ1) is 20.8. The van der Waals surface area contributed by atoms with Crippen molar-refractivity contribution >= 4 is 22.6 Å². The van der Waals surface area contributed by atoms with Gasteiger partial charge in [-0.15, -0.1) is 0 Å². The zero-order chi connectivity index (χ0) is 22.6. The quantitative estimate of drug-likeness (QED) is 0.474. The van der Waals surface area contributed by atoms with E-state index in [9.17, 15) is 9.59 Å². The molecule has 1 amide bonds. The number of fused-ring (bicyclic) bond motifs is 1. The highest BCUT2D eigenvalue weighted by Gasteiger charge is 2.22. The number of anilines is 1. The van der Waals surface area contributed by atoms with Gasteiger partial charge in [0.1, 0.15) is 5.82 Å². The number of para-hydroxylation sites is 1. The van der Waals surface area contributed by atoms with E-state index in [-0.39, 0.29) is 17.9 Å². The molecule has 2 aromatic heterocycles. The molecule has 0 unspecified atom stereocenters. The van der Waals surface area contributed by atoms with E-state index in [0.717, 1.165) is 11.4 Å². The van der Waals surface area contributed by atoms with E-state index in [1.165, 1.54) is 10.9 Å². The van der Waals surface area contributed by atoms with Gasteiger partial charge in [0.25, 0.3) is 5.56 Å². The normalized spacial score (nSPS) is 13.9. The Bertz CT molecular complexity index is 1330. The standard InChI is InChI=1S/C25H24N6O2/c32-23(11-13-31-18-27-21-9-5-4-8-20(21)25(31)33)30-16-14-29(15-17-30)22-10-12-26-24(28-22)19-6-2-1-3-7-19/h1-10,12,18H,11,13-17H2. The zero-order valence-corrected chi connectivity index (χ0v) is 18.2. The minimum atomic E-state index is -0.115. The molecule has 8 heteroatoms. The van der Waals surface area contributed by atoms with E-state index in [2.05, 4.69) is 14.9 Å². The van der Waals surface area contributed by atoms with E-state index in [1.807, 2.05) is 59.5 Å². The third-order valence-electron chi connectivity index (χ3n) is 5.93. The second kappa shape index (κ2) is 9.20. The summed E-state index contributed by atoms with van der Waals surface area (Å²) in [5, 5.41) is 0.570. The summed E-state index contributed by atoms with van der Waals surface area (Å²) in [7, 11) is 0. The number of hydrogen-bond donors (Lipinski definition) is 0. The molecule has 0 spiro atoms. The number of nitrogens with zero attached hydrogens (tertiary/aromatic N) is 6. The number of amides is 1. The number of aromatic nitrogens is 4. The van der Waals surface area contributed by atoms with Gasteiger partial charge in [-0.05, 0) is 18.2 Å². The molecule has 166 valence electrons. The van der Waals surface area contributed by atoms with Crippen LogP contribution in [-0.4, -0.2) is 56.5 Å². The van der Waals surface area contributed by atoms with Gasteiger partial charge in [0, 0.05) is 50.9 Å². The van der Waals surface area contributed by atoms with Crippen LogP contribution in [0.5, 0.6) is 0 Å². The molecule has 4 aromatic rings. The Labute approximate surface area is 191 Å². The van der Waals surface area contributed by atoms with Crippen LogP contribution in [0.2, 0.25) is 0 Å². The lowest BCUT2D eigenvalue weighted by Crippen LogP contribution is -2.49. The fourth-order valence-corrected chi connectivity index (χ4v) is 4.08. The Balaban J connectivity index is 1.19. The molecule has 0 aliphatic carbocycles. The van der Waals surface area contributed by atoms with Crippen molar-refractivity contribution in [1.82, 2.24) is 24.4 Å². The topological polar surface area (TPSA) is 84.2 Å². The number of hydrogen-bond acceptors (Lipinski definition) is 6. The molecule has 2 aromatic carbocycles. The molecule has 0 atom stereocenters. The molecular weight excluding hydrogens is 416 g/mol. The van der Waals surface area contributed by atoms with Crippen LogP contribution >= 0.6 is 0 Å². The number of piperazine rings is 1. The van der Waals surface area contributed by atoms with Gasteiger partial charge >= 0.3 is 0 Å². The van der Waals surface area contributed by atoms with Crippen molar-refractivity contribution in [2.75, 3.05) is 31.1 Å². The van der Waals surface area contributed by atoms with Crippen LogP contribution in [0.15, 0.2) is 78.0 Å². The van der Waals surface area contributed by atoms with Crippen molar-refractivity contribution in [3.63, 3.8) is 0 Å². The highest BCUT2D eigenvalue weighted by Crippen LogP contribution is 2.19. The van der Waals surface area contributed by atoms with Crippen LogP contribution in [0.1, 0.15) is 6.42 Å². The maximum absolute atomic E-state index is 12.8. The lowest BCUT2D eigenvalue weighted by Gasteiger charge is -2.35. The van der Waals surface area contributed by atoms with Crippen LogP contribution in [0, 0.1) is 0 Å². The van der Waals surface area contributed by atoms with E-state index >= 15 is 0 Å². The fourth-order valence-electron chi connectivity index (χ4n) is 4.08. The second-order valence-corrected chi connectivity index (χ2v) is 7.98. The molecule has 8 nitrogen and oxygen atoms in total. The van der Waals surface area contributed by atoms with Crippen molar-refractivity contribution in [2.45, 2.75) is 13.0 Å². The predicted molar refractivity (Wildman–Crippen MR) is 127 cm³/mol. The summed E-state index contributed by atoms with van der Waals surface area (Å²) in [4.78, 5) is 42.9. The summed E-state index contributed by atoms with van der Waals surface area (Å²) in [5.74, 6) is 1.60. The average molecular weight is 441 g/mol. The second-order valence-electron chi connectivity index (χ2n) is 7.98. The maximum Gasteiger partial charge on any atom is 0.261 e. The van der Waals surface area contributed by atoms with Crippen molar-refractivity contribution in [3.05, 3.63) is 83.5 Å². The first-order valence-electron chi connectivity index (χ1n) is 11.0. The first-order valence-corrected chi connectivity index (χ1v) is 11.0. The van der Waals surface area contributed by atoms with E-state index < -0.39 is 0 Å². The van der Waals surface area contributed by atoms with Crippen LogP contribution in [0.25, 0.3) is 22.3 Å². The van der Waals surface area contributed by atoms with Crippen LogP contribution < -0.4 is 10.5 Å². The SMILES string of the molecule is O=C(CCn1cnc2ccccc2c1=O)N1CCN(c2ccnc(-c3ccccc3)n2)CC1. The summed E-state index contributed by atoms with van der Waals surface area (Å²) in [6.45, 7) is 2.97. The maximum atomic E-state index is 12.8. The lowest BCUT2D eigenvalue weighted by molar-refractivity contribution is -0.131. The van der Waals surface area contributed by atoms with Crippen molar-refractivity contribution in [1.29, 1.82) is 0 Å². The molecule has 1 saturated heterocycles. The molecule has 1 fully saturated rings. The molecule has 0 N–H and O–H groups in total. The Kier molecular flexibility index (Phi) is 5.80. The Morgan fingerprint density at radius 1 is 0.879 bits per heavy atom. The summed E-state index contributed by atoms with van der Waals surface area (Å²) in [6, 6.07) is 19.0. The van der Waals surface area contributed by atoms with Crippen molar-refractivity contribution in [2.24, 2.45) is 0 Å². The molecule has 1 aliphatic heterocycles. The lowest BCUT2D eigenvalue weighted by atomic mass is 10.2. The molecule has 0 radical (unpaired) electrons. The molecule has 5 rings (SSSR count). The van der Waals surface area contributed by atoms with E-state index in [0.29, 0.717) is 49.5 Å². The highest BCUT2D eigenvalue weighted by atomic mass is 16.2. The Morgan fingerprint density at radius 2 is 1.64 bits per heavy atom. The highest BCUT2D eigenvalue weighted by molar-refractivity contribution is 5.78. The van der Waals surface area contributed by atoms with Crippen molar-refractivity contribution < 1.29 is 4.79 Å². The molecule has 0 saturated carbocycles. The molecular formula is C25H24N6O2. The van der Waals surface area contributed by atoms with Crippen molar-refractivity contribution in [3.8, 4) is 11.4 Å². The number of carbonyl (C=O) groups is 1. The summed E-state index contributed by atoms with van der Waals surface area (Å²) in [5.41, 5.74) is 1.53. The van der Waals surface area contributed by atoms with Gasteiger partial charge in [0.2, 0.25) is 5.91 Å². The summed E-state index contributed by atoms with van der Waals surface area (Å²) in [6.07, 6.45) is 3.57. The molecule has 1 aliphatic rings. The number of carbonyl (C=O) groups excluding carboxylic acids is 1. The monoisotopic (exact) mass is 440 g/mol. The number of aryl methyl sites for hydroxylation is 1. The van der Waals surface area contributed by atoms with Crippen LogP contribution in [0.3, 0.4) is 0 Å². The minimum absolute atomic E-state index is 0.0439. The van der Waals surface area contributed by atoms with E-state index in [4.69, 9.17) is 4.98 Å². The van der Waals surface area contributed by atoms with Gasteiger partial charge in [-0.1, -0.05) is 42.5 Å². The fraction of sp³-hybridized carbons (Fsp3) is 0.240. The molecule has 3 heterocycles. The largest absolute Gasteiger partial charge is 0.353 e. The van der Waals surface area contributed by atoms with Gasteiger partial charge in [0.15, 0.2) is 5.82 Å². The number of rotatable bonds is 5. The van der Waals surface area contributed by atoms with Crippen LogP contribution in [0.4, 0.5) is 5.82 Å². The van der Waals surface area contributed by atoms with Gasteiger partial charge in [-0.3, -0.25) is 14.2 Å². The average Bonchev–Trinajstić information content (AvgIpc) is 2.89. The van der Waals surface area contributed by atoms with E-state index in [1.54, 1.807) is 12.3 Å². The molecule has 33 heavy (non-hydrogen) atoms. The number of benzene rings is 2. The smallest absolute Gasteiger partial charge is 0.261 e. The minimum Gasteiger partial charge on any atom is -0.353 e. The Morgan fingerprint density at radius 3 is 2.45 bits per heavy atom. The van der Waals surface area contributed by atoms with Gasteiger partial charge in [0.05, 0.1) is 17.2 Å². The van der Waals surface area contributed by atoms with Gasteiger partial charge in [-0.2, -0.15) is 0 Å². The summed E-state index contributed by atoms with van der Waals surface area (Å²) >= 11 is 0. The van der Waals surface area contributed by atoms with Crippen LogP contribution in [-0.2, 0) is 11.3 Å². The Hall–Kier alpha value is -4.07. The molecule has 0 bridgehead atoms. The predicted octanol–water partition coefficient (Wildman–Crippen LogP) is 2.59. The summed E-state index contributed by atoms with van der Waals surface area (Å²) < 4.78 is 1.52. The van der Waals surface area contributed by atoms with Gasteiger partial charge in [-0.25, -0.2) is 15.0 Å².